The highest BCUT2D eigenvalue weighted by atomic mass is 16.5. The van der Waals surface area contributed by atoms with Gasteiger partial charge in [0.15, 0.2) is 12.2 Å². The van der Waals surface area contributed by atoms with E-state index in [1.54, 1.807) is 18.9 Å². The zero-order chi connectivity index (χ0) is 21.6. The van der Waals surface area contributed by atoms with Crippen molar-refractivity contribution < 1.29 is 19.1 Å². The number of carbonyl (C=O) groups excluding carboxylic acids is 3. The number of ether oxygens (including phenoxy) is 1. The van der Waals surface area contributed by atoms with Crippen molar-refractivity contribution in [1.29, 1.82) is 0 Å². The molecule has 1 aromatic carbocycles. The van der Waals surface area contributed by atoms with Crippen molar-refractivity contribution in [1.82, 2.24) is 14.7 Å². The van der Waals surface area contributed by atoms with Gasteiger partial charge in [-0.15, -0.1) is 0 Å². The molecular formula is C21H25N5O4. The number of amides is 3. The first-order valence-electron chi connectivity index (χ1n) is 10.0. The van der Waals surface area contributed by atoms with Crippen LogP contribution in [0.2, 0.25) is 0 Å². The molecule has 1 aromatic rings. The third-order valence-corrected chi connectivity index (χ3v) is 5.58. The van der Waals surface area contributed by atoms with Gasteiger partial charge in [-0.3, -0.25) is 19.4 Å². The zero-order valence-electron chi connectivity index (χ0n) is 17.5. The summed E-state index contributed by atoms with van der Waals surface area (Å²) in [4.78, 5) is 48.7. The van der Waals surface area contributed by atoms with E-state index in [9.17, 15) is 14.4 Å². The smallest absolute Gasteiger partial charge is 0.328 e. The van der Waals surface area contributed by atoms with Crippen LogP contribution in [0.1, 0.15) is 26.3 Å². The van der Waals surface area contributed by atoms with Crippen LogP contribution in [0, 0.1) is 0 Å². The molecule has 3 amide bonds. The maximum Gasteiger partial charge on any atom is 0.328 e. The number of benzene rings is 1. The number of hydrogen-bond donors (Lipinski definition) is 0. The minimum absolute atomic E-state index is 0.185. The molecule has 0 saturated carbocycles. The molecule has 1 fully saturated rings. The number of rotatable bonds is 5. The van der Waals surface area contributed by atoms with E-state index in [2.05, 4.69) is 19.1 Å². The summed E-state index contributed by atoms with van der Waals surface area (Å²) in [5.74, 6) is -0.476. The molecule has 3 aliphatic rings. The van der Waals surface area contributed by atoms with Gasteiger partial charge in [-0.05, 0) is 38.0 Å². The van der Waals surface area contributed by atoms with E-state index in [1.165, 1.54) is 10.5 Å². The third kappa shape index (κ3) is 3.01. The zero-order valence-corrected chi connectivity index (χ0v) is 17.5. The number of esters is 1. The highest BCUT2D eigenvalue weighted by Gasteiger charge is 2.54. The Morgan fingerprint density at radius 2 is 1.87 bits per heavy atom. The minimum atomic E-state index is -0.716. The van der Waals surface area contributed by atoms with Crippen molar-refractivity contribution in [2.24, 2.45) is 4.99 Å². The van der Waals surface area contributed by atoms with Gasteiger partial charge < -0.3 is 14.5 Å². The summed E-state index contributed by atoms with van der Waals surface area (Å²) in [6, 6.07) is 6.90. The number of allylic oxidation sites excluding steroid dienone is 1. The highest BCUT2D eigenvalue weighted by molar-refractivity contribution is 6.10. The Labute approximate surface area is 175 Å². The van der Waals surface area contributed by atoms with Crippen LogP contribution in [0.5, 0.6) is 0 Å². The van der Waals surface area contributed by atoms with E-state index in [0.29, 0.717) is 5.96 Å². The van der Waals surface area contributed by atoms with Gasteiger partial charge in [0.1, 0.15) is 6.54 Å². The number of hydrogen-bond acceptors (Lipinski definition) is 7. The van der Waals surface area contributed by atoms with Crippen LogP contribution in [-0.4, -0.2) is 71.0 Å². The van der Waals surface area contributed by atoms with Crippen LogP contribution in [0.4, 0.5) is 10.5 Å². The van der Waals surface area contributed by atoms with Gasteiger partial charge in [0.25, 0.3) is 5.91 Å². The van der Waals surface area contributed by atoms with Gasteiger partial charge >= 0.3 is 12.0 Å². The fourth-order valence-corrected chi connectivity index (χ4v) is 4.04. The second-order valence-corrected chi connectivity index (χ2v) is 7.44. The Morgan fingerprint density at radius 1 is 1.17 bits per heavy atom. The molecule has 9 nitrogen and oxygen atoms in total. The number of aryl methyl sites for hydroxylation is 1. The van der Waals surface area contributed by atoms with Crippen LogP contribution in [0.25, 0.3) is 0 Å². The van der Waals surface area contributed by atoms with Gasteiger partial charge in [0.2, 0.25) is 5.96 Å². The molecule has 158 valence electrons. The molecule has 4 rings (SSSR count). The number of guanidine groups is 1. The molecule has 0 aromatic heterocycles. The molecule has 0 spiro atoms. The predicted molar refractivity (Wildman–Crippen MR) is 110 cm³/mol. The summed E-state index contributed by atoms with van der Waals surface area (Å²) in [7, 11) is 1.59. The van der Waals surface area contributed by atoms with Crippen molar-refractivity contribution in [3.8, 4) is 0 Å². The van der Waals surface area contributed by atoms with Gasteiger partial charge in [0, 0.05) is 24.6 Å². The van der Waals surface area contributed by atoms with Crippen molar-refractivity contribution in [3.63, 3.8) is 0 Å². The molecule has 0 N–H and O–H groups in total. The standard InChI is InChI=1S/C21H25N5O4/c1-5-14-7-9-15(10-8-14)26-13(3)11-24-17-18(22-20(24)26)23(4)21(29)25(19(17)28)12-16(27)30-6-2/h7-11,17-18H,5-6,12H2,1-4H3. The van der Waals surface area contributed by atoms with Crippen molar-refractivity contribution in [3.05, 3.63) is 41.7 Å². The lowest BCUT2D eigenvalue weighted by Crippen LogP contribution is -2.65. The Balaban J connectivity index is 1.64. The van der Waals surface area contributed by atoms with Crippen LogP contribution in [-0.2, 0) is 20.7 Å². The van der Waals surface area contributed by atoms with Crippen LogP contribution < -0.4 is 4.90 Å². The van der Waals surface area contributed by atoms with Crippen LogP contribution in [0.15, 0.2) is 41.2 Å². The third-order valence-electron chi connectivity index (χ3n) is 5.58. The topological polar surface area (TPSA) is 85.8 Å². The van der Waals surface area contributed by atoms with Crippen molar-refractivity contribution >= 4 is 29.6 Å². The van der Waals surface area contributed by atoms with Crippen LogP contribution >= 0.6 is 0 Å². The van der Waals surface area contributed by atoms with Gasteiger partial charge in [-0.25, -0.2) is 9.79 Å². The number of fused-ring (bicyclic) bond motifs is 3. The van der Waals surface area contributed by atoms with Gasteiger partial charge in [0.05, 0.1) is 6.61 Å². The molecule has 2 unspecified atom stereocenters. The summed E-state index contributed by atoms with van der Waals surface area (Å²) < 4.78 is 4.92. The lowest BCUT2D eigenvalue weighted by molar-refractivity contribution is -0.150. The Bertz CT molecular complexity index is 955. The van der Waals surface area contributed by atoms with E-state index in [1.807, 2.05) is 30.2 Å². The SMILES string of the molecule is CCOC(=O)CN1C(=O)C2C(N=C3N(c4ccc(CC)cc4)C(C)=CN32)N(C)C1=O. The summed E-state index contributed by atoms with van der Waals surface area (Å²) in [6.45, 7) is 5.50. The van der Waals surface area contributed by atoms with Crippen molar-refractivity contribution in [2.75, 3.05) is 25.1 Å². The Kier molecular flexibility index (Phi) is 4.97. The highest BCUT2D eigenvalue weighted by Crippen LogP contribution is 2.36. The Morgan fingerprint density at radius 3 is 2.50 bits per heavy atom. The van der Waals surface area contributed by atoms with E-state index < -0.39 is 36.7 Å². The lowest BCUT2D eigenvalue weighted by Gasteiger charge is -2.39. The van der Waals surface area contributed by atoms with E-state index in [-0.39, 0.29) is 6.61 Å². The molecule has 3 aliphatic heterocycles. The number of nitrogens with zero attached hydrogens (tertiary/aromatic N) is 5. The first-order valence-corrected chi connectivity index (χ1v) is 10.0. The monoisotopic (exact) mass is 411 g/mol. The first kappa shape index (κ1) is 19.9. The summed E-state index contributed by atoms with van der Waals surface area (Å²) in [5, 5.41) is 0. The van der Waals surface area contributed by atoms with Gasteiger partial charge in [-0.2, -0.15) is 0 Å². The molecule has 0 bridgehead atoms. The number of aliphatic imine (C=N–C) groups is 1. The average Bonchev–Trinajstić information content (AvgIpc) is 3.24. The number of urea groups is 1. The second-order valence-electron chi connectivity index (χ2n) is 7.44. The van der Waals surface area contributed by atoms with E-state index in [0.717, 1.165) is 22.7 Å². The number of anilines is 1. The van der Waals surface area contributed by atoms with Crippen molar-refractivity contribution in [2.45, 2.75) is 39.4 Å². The number of likely N-dealkylation sites (N-methyl/N-ethyl adjacent to an activating group) is 1. The maximum absolute atomic E-state index is 13.2. The molecular weight excluding hydrogens is 386 g/mol. The summed E-state index contributed by atoms with van der Waals surface area (Å²) >= 11 is 0. The van der Waals surface area contributed by atoms with Crippen LogP contribution in [0.3, 0.4) is 0 Å². The number of carbonyl (C=O) groups is 3. The predicted octanol–water partition coefficient (Wildman–Crippen LogP) is 1.75. The van der Waals surface area contributed by atoms with E-state index >= 15 is 0 Å². The molecule has 9 heteroatoms. The molecule has 2 atom stereocenters. The molecule has 0 aliphatic carbocycles. The summed E-state index contributed by atoms with van der Waals surface area (Å²) in [5.41, 5.74) is 3.08. The normalized spacial score (nSPS) is 22.8. The van der Waals surface area contributed by atoms with E-state index in [4.69, 9.17) is 9.73 Å². The molecule has 30 heavy (non-hydrogen) atoms. The summed E-state index contributed by atoms with van der Waals surface area (Å²) in [6.07, 6.45) is 2.16. The molecule has 3 heterocycles. The molecule has 0 radical (unpaired) electrons. The average molecular weight is 411 g/mol. The maximum atomic E-state index is 13.2. The second kappa shape index (κ2) is 7.47. The minimum Gasteiger partial charge on any atom is -0.465 e. The van der Waals surface area contributed by atoms with Gasteiger partial charge in [-0.1, -0.05) is 19.1 Å². The lowest BCUT2D eigenvalue weighted by atomic mass is 10.1. The first-order chi connectivity index (χ1) is 14.4. The fourth-order valence-electron chi connectivity index (χ4n) is 4.04. The largest absolute Gasteiger partial charge is 0.465 e. The Hall–Kier alpha value is -3.36. The molecule has 1 saturated heterocycles. The quantitative estimate of drug-likeness (QED) is 0.687. The number of imide groups is 1. The fraction of sp³-hybridized carbons (Fsp3) is 0.429.